The van der Waals surface area contributed by atoms with Gasteiger partial charge in [-0.2, -0.15) is 0 Å². The molecule has 0 spiro atoms. The van der Waals surface area contributed by atoms with Crippen LogP contribution < -0.4 is 16.4 Å². The van der Waals surface area contributed by atoms with Gasteiger partial charge < -0.3 is 21.1 Å². The molecule has 0 unspecified atom stereocenters. The average Bonchev–Trinajstić information content (AvgIpc) is 2.65. The van der Waals surface area contributed by atoms with Crippen molar-refractivity contribution < 1.29 is 19.1 Å². The molecule has 8 heteroatoms. The minimum atomic E-state index is -0.881. The van der Waals surface area contributed by atoms with Gasteiger partial charge in [0.05, 0.1) is 0 Å². The predicted octanol–water partition coefficient (Wildman–Crippen LogP) is 1.89. The highest BCUT2D eigenvalue weighted by atomic mass is 79.9. The van der Waals surface area contributed by atoms with E-state index in [4.69, 9.17) is 10.5 Å². The number of carbonyl (C=O) groups excluding carboxylic acids is 3. The molecule has 0 bridgehead atoms. The summed E-state index contributed by atoms with van der Waals surface area (Å²) in [6, 6.07) is 15.6. The van der Waals surface area contributed by atoms with Gasteiger partial charge in [-0.3, -0.25) is 9.59 Å². The third-order valence-corrected chi connectivity index (χ3v) is 4.11. The summed E-state index contributed by atoms with van der Waals surface area (Å²) in [7, 11) is 0. The Morgan fingerprint density at radius 3 is 2.41 bits per heavy atom. The van der Waals surface area contributed by atoms with E-state index in [-0.39, 0.29) is 19.6 Å². The molecule has 0 aliphatic heterocycles. The van der Waals surface area contributed by atoms with Gasteiger partial charge in [0.1, 0.15) is 19.2 Å². The molecule has 0 saturated heterocycles. The third-order valence-electron chi connectivity index (χ3n) is 3.61. The largest absolute Gasteiger partial charge is 0.445 e. The van der Waals surface area contributed by atoms with Crippen molar-refractivity contribution in [2.75, 3.05) is 6.54 Å². The van der Waals surface area contributed by atoms with E-state index in [2.05, 4.69) is 26.6 Å². The molecule has 0 radical (unpaired) electrons. The maximum atomic E-state index is 12.0. The van der Waals surface area contributed by atoms with E-state index in [1.807, 2.05) is 54.6 Å². The van der Waals surface area contributed by atoms with E-state index < -0.39 is 23.9 Å². The molecule has 2 aromatic carbocycles. The van der Waals surface area contributed by atoms with Crippen molar-refractivity contribution >= 4 is 33.8 Å². The molecule has 0 fully saturated rings. The quantitative estimate of drug-likeness (QED) is 0.589. The number of benzene rings is 2. The predicted molar refractivity (Wildman–Crippen MR) is 104 cm³/mol. The van der Waals surface area contributed by atoms with Crippen LogP contribution in [0.2, 0.25) is 0 Å². The monoisotopic (exact) mass is 433 g/mol. The Morgan fingerprint density at radius 2 is 1.74 bits per heavy atom. The molecule has 142 valence electrons. The first-order chi connectivity index (χ1) is 12.9. The number of carbonyl (C=O) groups is 3. The number of alkyl carbamates (subject to hydrolysis) is 1. The van der Waals surface area contributed by atoms with Gasteiger partial charge in [0.2, 0.25) is 11.8 Å². The number of halogens is 1. The molecule has 7 nitrogen and oxygen atoms in total. The highest BCUT2D eigenvalue weighted by Crippen LogP contribution is 2.13. The Morgan fingerprint density at radius 1 is 1.04 bits per heavy atom. The molecule has 27 heavy (non-hydrogen) atoms. The SMILES string of the molecule is NC(=O)[C@@H](Cc1cccc(Br)c1)NC(=O)CNC(=O)OCc1ccccc1. The molecule has 2 rings (SSSR count). The van der Waals surface area contributed by atoms with Crippen molar-refractivity contribution in [1.29, 1.82) is 0 Å². The van der Waals surface area contributed by atoms with E-state index in [1.54, 1.807) is 0 Å². The fourth-order valence-corrected chi connectivity index (χ4v) is 2.74. The lowest BCUT2D eigenvalue weighted by Crippen LogP contribution is -2.49. The Kier molecular flexibility index (Phi) is 7.81. The van der Waals surface area contributed by atoms with Crippen molar-refractivity contribution in [3.8, 4) is 0 Å². The van der Waals surface area contributed by atoms with Gasteiger partial charge in [-0.25, -0.2) is 4.79 Å². The van der Waals surface area contributed by atoms with Gasteiger partial charge in [0.15, 0.2) is 0 Å². The summed E-state index contributed by atoms with van der Waals surface area (Å²) in [5.74, 6) is -1.19. The summed E-state index contributed by atoms with van der Waals surface area (Å²) in [6.07, 6.45) is -0.476. The van der Waals surface area contributed by atoms with Crippen molar-refractivity contribution in [3.63, 3.8) is 0 Å². The molecule has 0 saturated carbocycles. The Labute approximate surface area is 165 Å². The second kappa shape index (κ2) is 10.3. The maximum Gasteiger partial charge on any atom is 0.407 e. The van der Waals surface area contributed by atoms with E-state index in [0.29, 0.717) is 0 Å². The van der Waals surface area contributed by atoms with Gasteiger partial charge in [0.25, 0.3) is 0 Å². The van der Waals surface area contributed by atoms with Crippen LogP contribution in [0.15, 0.2) is 59.1 Å². The Hall–Kier alpha value is -2.87. The highest BCUT2D eigenvalue weighted by molar-refractivity contribution is 9.10. The van der Waals surface area contributed by atoms with E-state index in [1.165, 1.54) is 0 Å². The normalized spacial score (nSPS) is 11.3. The molecule has 0 aromatic heterocycles. The molecular formula is C19H20BrN3O4. The summed E-state index contributed by atoms with van der Waals surface area (Å²) in [6.45, 7) is -0.225. The van der Waals surface area contributed by atoms with Gasteiger partial charge >= 0.3 is 6.09 Å². The van der Waals surface area contributed by atoms with E-state index >= 15 is 0 Å². The van der Waals surface area contributed by atoms with Gasteiger partial charge in [-0.15, -0.1) is 0 Å². The lowest BCUT2D eigenvalue weighted by molar-refractivity contribution is -0.126. The number of hydrogen-bond donors (Lipinski definition) is 3. The zero-order valence-electron chi connectivity index (χ0n) is 14.5. The van der Waals surface area contributed by atoms with Crippen molar-refractivity contribution in [2.45, 2.75) is 19.1 Å². The number of nitrogens with two attached hydrogens (primary N) is 1. The van der Waals surface area contributed by atoms with Crippen molar-refractivity contribution in [2.24, 2.45) is 5.73 Å². The van der Waals surface area contributed by atoms with Crippen LogP contribution in [-0.4, -0.2) is 30.5 Å². The van der Waals surface area contributed by atoms with E-state index in [9.17, 15) is 14.4 Å². The second-order valence-electron chi connectivity index (χ2n) is 5.77. The van der Waals surface area contributed by atoms with E-state index in [0.717, 1.165) is 15.6 Å². The van der Waals surface area contributed by atoms with Gasteiger partial charge in [0, 0.05) is 10.9 Å². The van der Waals surface area contributed by atoms with Crippen LogP contribution >= 0.6 is 15.9 Å². The lowest BCUT2D eigenvalue weighted by Gasteiger charge is -2.16. The van der Waals surface area contributed by atoms with Crippen LogP contribution in [-0.2, 0) is 27.4 Å². The number of ether oxygens (including phenoxy) is 1. The maximum absolute atomic E-state index is 12.0. The first kappa shape index (κ1) is 20.4. The third kappa shape index (κ3) is 7.49. The van der Waals surface area contributed by atoms with Crippen LogP contribution in [0.5, 0.6) is 0 Å². The number of nitrogens with one attached hydrogen (secondary N) is 2. The van der Waals surface area contributed by atoms with Crippen LogP contribution in [0.3, 0.4) is 0 Å². The number of rotatable bonds is 8. The molecular weight excluding hydrogens is 414 g/mol. The fraction of sp³-hybridized carbons (Fsp3) is 0.211. The Balaban J connectivity index is 1.78. The summed E-state index contributed by atoms with van der Waals surface area (Å²) in [5.41, 5.74) is 7.03. The standard InChI is InChI=1S/C19H20BrN3O4/c20-15-8-4-7-14(9-15)10-16(18(21)25)23-17(24)11-22-19(26)27-12-13-5-2-1-3-6-13/h1-9,16H,10-12H2,(H2,21,25)(H,22,26)(H,23,24)/t16-/m1/s1. The fourth-order valence-electron chi connectivity index (χ4n) is 2.29. The van der Waals surface area contributed by atoms with Gasteiger partial charge in [-0.1, -0.05) is 58.4 Å². The molecule has 0 aliphatic rings. The smallest absolute Gasteiger partial charge is 0.407 e. The molecule has 0 heterocycles. The number of hydrogen-bond acceptors (Lipinski definition) is 4. The summed E-state index contributed by atoms with van der Waals surface area (Å²) in [5, 5.41) is 4.85. The number of amides is 3. The average molecular weight is 434 g/mol. The first-order valence-corrected chi connectivity index (χ1v) is 9.01. The zero-order valence-corrected chi connectivity index (χ0v) is 16.1. The van der Waals surface area contributed by atoms with Crippen molar-refractivity contribution in [1.82, 2.24) is 10.6 Å². The second-order valence-corrected chi connectivity index (χ2v) is 6.69. The highest BCUT2D eigenvalue weighted by Gasteiger charge is 2.19. The minimum Gasteiger partial charge on any atom is -0.445 e. The van der Waals surface area contributed by atoms with Crippen LogP contribution in [0.4, 0.5) is 4.79 Å². The summed E-state index contributed by atoms with van der Waals surface area (Å²) < 4.78 is 5.87. The van der Waals surface area contributed by atoms with Crippen molar-refractivity contribution in [3.05, 3.63) is 70.2 Å². The lowest BCUT2D eigenvalue weighted by atomic mass is 10.1. The molecule has 2 aromatic rings. The number of primary amides is 1. The molecule has 1 atom stereocenters. The molecule has 3 amide bonds. The molecule has 0 aliphatic carbocycles. The first-order valence-electron chi connectivity index (χ1n) is 8.21. The topological polar surface area (TPSA) is 111 Å². The van der Waals surface area contributed by atoms with Crippen LogP contribution in [0.25, 0.3) is 0 Å². The van der Waals surface area contributed by atoms with Gasteiger partial charge in [-0.05, 0) is 23.3 Å². The zero-order chi connectivity index (χ0) is 19.6. The Bertz CT molecular complexity index is 799. The summed E-state index contributed by atoms with van der Waals surface area (Å²) >= 11 is 3.35. The molecule has 4 N–H and O–H groups in total. The van der Waals surface area contributed by atoms with Crippen LogP contribution in [0, 0.1) is 0 Å². The minimum absolute atomic E-state index is 0.0983. The van der Waals surface area contributed by atoms with Crippen LogP contribution in [0.1, 0.15) is 11.1 Å². The summed E-state index contributed by atoms with van der Waals surface area (Å²) in [4.78, 5) is 35.3.